The van der Waals surface area contributed by atoms with Gasteiger partial charge >= 0.3 is 5.97 Å². The summed E-state index contributed by atoms with van der Waals surface area (Å²) in [6.07, 6.45) is 0. The molecule has 0 atom stereocenters. The normalized spacial score (nSPS) is 11.9. The van der Waals surface area contributed by atoms with Gasteiger partial charge in [-0.2, -0.15) is 0 Å². The van der Waals surface area contributed by atoms with Gasteiger partial charge in [0.1, 0.15) is 18.1 Å². The van der Waals surface area contributed by atoms with E-state index >= 15 is 0 Å². The molecule has 0 aliphatic carbocycles. The van der Waals surface area contributed by atoms with Crippen molar-refractivity contribution < 1.29 is 27.4 Å². The molecule has 0 radical (unpaired) electrons. The van der Waals surface area contributed by atoms with Crippen LogP contribution >= 0.6 is 0 Å². The first-order valence-corrected chi connectivity index (χ1v) is 9.76. The first-order chi connectivity index (χ1) is 13.1. The minimum absolute atomic E-state index is 0.112. The van der Waals surface area contributed by atoms with Gasteiger partial charge in [-0.3, -0.25) is 4.79 Å². The minimum Gasteiger partial charge on any atom is -0.480 e. The molecule has 0 bridgehead atoms. The second-order valence-electron chi connectivity index (χ2n) is 6.42. The monoisotopic (exact) mass is 406 g/mol. The zero-order valence-electron chi connectivity index (χ0n) is 15.5. The molecule has 7 nitrogen and oxygen atoms in total. The van der Waals surface area contributed by atoms with Gasteiger partial charge in [-0.1, -0.05) is 0 Å². The highest BCUT2D eigenvalue weighted by Crippen LogP contribution is 2.36. The van der Waals surface area contributed by atoms with Crippen LogP contribution in [0.4, 0.5) is 4.39 Å². The lowest BCUT2D eigenvalue weighted by molar-refractivity contribution is -0.137. The maximum atomic E-state index is 13.8. The third-order valence-corrected chi connectivity index (χ3v) is 6.17. The molecule has 148 valence electrons. The summed E-state index contributed by atoms with van der Waals surface area (Å²) >= 11 is 0. The lowest BCUT2D eigenvalue weighted by Crippen LogP contribution is -2.22. The van der Waals surface area contributed by atoms with E-state index in [1.54, 1.807) is 6.92 Å². The number of sulfonamides is 1. The molecule has 0 saturated heterocycles. The lowest BCUT2D eigenvalue weighted by Gasteiger charge is -2.12. The molecule has 2 aromatic carbocycles. The fourth-order valence-corrected chi connectivity index (χ4v) is 3.80. The molecule has 1 aromatic heterocycles. The van der Waals surface area contributed by atoms with E-state index in [0.29, 0.717) is 28.1 Å². The Morgan fingerprint density at radius 1 is 1.18 bits per heavy atom. The molecule has 1 heterocycles. The summed E-state index contributed by atoms with van der Waals surface area (Å²) in [6.45, 7) is 1.39. The maximum absolute atomic E-state index is 13.8. The van der Waals surface area contributed by atoms with Gasteiger partial charge in [-0.15, -0.1) is 0 Å². The number of hydrogen-bond donors (Lipinski definition) is 1. The molecule has 0 fully saturated rings. The summed E-state index contributed by atoms with van der Waals surface area (Å²) in [5.41, 5.74) is 1.05. The molecule has 0 unspecified atom stereocenters. The van der Waals surface area contributed by atoms with E-state index in [9.17, 15) is 17.6 Å². The predicted molar refractivity (Wildman–Crippen MR) is 102 cm³/mol. The van der Waals surface area contributed by atoms with Crippen LogP contribution in [0, 0.1) is 12.7 Å². The van der Waals surface area contributed by atoms with E-state index in [0.717, 1.165) is 4.31 Å². The second kappa shape index (κ2) is 7.25. The van der Waals surface area contributed by atoms with Crippen molar-refractivity contribution in [2.75, 3.05) is 14.1 Å². The number of carboxylic acids is 1. The molecule has 0 aliphatic heterocycles. The number of hydrogen-bond acceptors (Lipinski definition) is 4. The van der Waals surface area contributed by atoms with E-state index in [1.807, 2.05) is 0 Å². The molecule has 0 spiro atoms. The first kappa shape index (κ1) is 19.8. The zero-order valence-corrected chi connectivity index (χ0v) is 16.3. The summed E-state index contributed by atoms with van der Waals surface area (Å²) in [6, 6.07) is 9.85. The molecule has 9 heteroatoms. The van der Waals surface area contributed by atoms with Crippen molar-refractivity contribution in [2.24, 2.45) is 0 Å². The average molecular weight is 406 g/mol. The van der Waals surface area contributed by atoms with Gasteiger partial charge in [0, 0.05) is 19.5 Å². The average Bonchev–Trinajstić information content (AvgIpc) is 2.87. The third-order valence-electron chi connectivity index (χ3n) is 4.34. The zero-order chi connectivity index (χ0) is 20.6. The number of halogens is 1. The summed E-state index contributed by atoms with van der Waals surface area (Å²) in [5.74, 6) is -0.843. The Kier molecular flexibility index (Phi) is 5.14. The SMILES string of the molecule is Cc1c(Oc2ccc(S(=O)(=O)N(C)C)cc2)c2cc(F)ccc2n1CC(=O)O. The van der Waals surface area contributed by atoms with E-state index in [1.165, 1.54) is 61.1 Å². The summed E-state index contributed by atoms with van der Waals surface area (Å²) < 4.78 is 46.6. The molecular formula is C19H19FN2O5S. The van der Waals surface area contributed by atoms with Crippen molar-refractivity contribution in [1.29, 1.82) is 0 Å². The number of carbonyl (C=O) groups is 1. The quantitative estimate of drug-likeness (QED) is 0.679. The van der Waals surface area contributed by atoms with Crippen molar-refractivity contribution in [3.8, 4) is 11.5 Å². The fourth-order valence-electron chi connectivity index (χ4n) is 2.90. The Bertz CT molecular complexity index is 1150. The van der Waals surface area contributed by atoms with Crippen LogP contribution in [-0.2, 0) is 21.4 Å². The number of carboxylic acid groups (broad SMARTS) is 1. The Morgan fingerprint density at radius 2 is 1.82 bits per heavy atom. The van der Waals surface area contributed by atoms with Crippen LogP contribution in [0.15, 0.2) is 47.4 Å². The lowest BCUT2D eigenvalue weighted by atomic mass is 10.2. The number of benzene rings is 2. The highest BCUT2D eigenvalue weighted by molar-refractivity contribution is 7.89. The Balaban J connectivity index is 2.04. The maximum Gasteiger partial charge on any atom is 0.323 e. The van der Waals surface area contributed by atoms with Crippen molar-refractivity contribution >= 4 is 26.9 Å². The van der Waals surface area contributed by atoms with Gasteiger partial charge in [-0.05, 0) is 49.4 Å². The van der Waals surface area contributed by atoms with Crippen molar-refractivity contribution in [3.63, 3.8) is 0 Å². The van der Waals surface area contributed by atoms with Crippen LogP contribution in [0.3, 0.4) is 0 Å². The van der Waals surface area contributed by atoms with Gasteiger partial charge < -0.3 is 14.4 Å². The van der Waals surface area contributed by atoms with E-state index in [-0.39, 0.29) is 11.4 Å². The summed E-state index contributed by atoms with van der Waals surface area (Å²) in [5, 5.41) is 9.59. The summed E-state index contributed by atoms with van der Waals surface area (Å²) in [7, 11) is -0.687. The van der Waals surface area contributed by atoms with Crippen molar-refractivity contribution in [2.45, 2.75) is 18.4 Å². The number of fused-ring (bicyclic) bond motifs is 1. The minimum atomic E-state index is -3.57. The van der Waals surface area contributed by atoms with E-state index < -0.39 is 21.8 Å². The van der Waals surface area contributed by atoms with Crippen LogP contribution in [0.25, 0.3) is 10.9 Å². The predicted octanol–water partition coefficient (Wildman–Crippen LogP) is 3.22. The van der Waals surface area contributed by atoms with Gasteiger partial charge in [0.2, 0.25) is 10.0 Å². The number of rotatable bonds is 6. The standard InChI is InChI=1S/C19H19FN2O5S/c1-12-19(16-10-13(20)4-9-17(16)22(12)11-18(23)24)27-14-5-7-15(8-6-14)28(25,26)21(2)3/h4-10H,11H2,1-3H3,(H,23,24). The Labute approximate surface area is 161 Å². The van der Waals surface area contributed by atoms with Crippen LogP contribution in [0.1, 0.15) is 5.69 Å². The number of aliphatic carboxylic acids is 1. The second-order valence-corrected chi connectivity index (χ2v) is 8.57. The molecule has 0 aliphatic rings. The smallest absolute Gasteiger partial charge is 0.323 e. The molecule has 3 aromatic rings. The Hall–Kier alpha value is -2.91. The first-order valence-electron chi connectivity index (χ1n) is 8.32. The number of aromatic nitrogens is 1. The topological polar surface area (TPSA) is 88.8 Å². The van der Waals surface area contributed by atoms with Crippen molar-refractivity contribution in [3.05, 3.63) is 54.0 Å². The highest BCUT2D eigenvalue weighted by Gasteiger charge is 2.20. The van der Waals surface area contributed by atoms with Gasteiger partial charge in [0.25, 0.3) is 0 Å². The molecule has 0 amide bonds. The number of ether oxygens (including phenoxy) is 1. The number of nitrogens with zero attached hydrogens (tertiary/aromatic N) is 2. The fraction of sp³-hybridized carbons (Fsp3) is 0.211. The van der Waals surface area contributed by atoms with Crippen LogP contribution in [-0.4, -0.2) is 42.5 Å². The third kappa shape index (κ3) is 3.58. The summed E-state index contributed by atoms with van der Waals surface area (Å²) in [4.78, 5) is 11.3. The van der Waals surface area contributed by atoms with Crippen LogP contribution < -0.4 is 4.74 Å². The molecule has 3 rings (SSSR count). The van der Waals surface area contributed by atoms with Crippen LogP contribution in [0.2, 0.25) is 0 Å². The van der Waals surface area contributed by atoms with E-state index in [2.05, 4.69) is 0 Å². The Morgan fingerprint density at radius 3 is 2.39 bits per heavy atom. The van der Waals surface area contributed by atoms with Gasteiger partial charge in [0.05, 0.1) is 16.1 Å². The van der Waals surface area contributed by atoms with Gasteiger partial charge in [0.15, 0.2) is 5.75 Å². The highest BCUT2D eigenvalue weighted by atomic mass is 32.2. The van der Waals surface area contributed by atoms with Crippen LogP contribution in [0.5, 0.6) is 11.5 Å². The molecule has 0 saturated carbocycles. The molecule has 28 heavy (non-hydrogen) atoms. The molecule has 1 N–H and O–H groups in total. The molecular weight excluding hydrogens is 387 g/mol. The van der Waals surface area contributed by atoms with Gasteiger partial charge in [-0.25, -0.2) is 17.1 Å². The largest absolute Gasteiger partial charge is 0.480 e. The van der Waals surface area contributed by atoms with Crippen molar-refractivity contribution in [1.82, 2.24) is 8.87 Å². The van der Waals surface area contributed by atoms with E-state index in [4.69, 9.17) is 9.84 Å².